The van der Waals surface area contributed by atoms with Crippen LogP contribution in [0.4, 0.5) is 0 Å². The average Bonchev–Trinajstić information content (AvgIpc) is 3.47. The first-order valence-corrected chi connectivity index (χ1v) is 15.8. The maximum absolute atomic E-state index is 14.3. The fourth-order valence-corrected chi connectivity index (χ4v) is 9.29. The van der Waals surface area contributed by atoms with Crippen molar-refractivity contribution in [2.24, 2.45) is 28.6 Å². The van der Waals surface area contributed by atoms with Gasteiger partial charge in [0.25, 0.3) is 0 Å². The number of ether oxygens (including phenoxy) is 3. The second-order valence-electron chi connectivity index (χ2n) is 13.6. The number of fused-ring (bicyclic) bond motifs is 7. The molecule has 0 spiro atoms. The Hall–Kier alpha value is -2.84. The minimum atomic E-state index is -1.38. The predicted molar refractivity (Wildman–Crippen MR) is 155 cm³/mol. The van der Waals surface area contributed by atoms with E-state index in [1.165, 1.54) is 0 Å². The third kappa shape index (κ3) is 5.40. The number of esters is 1. The Morgan fingerprint density at radius 2 is 1.98 bits per heavy atom. The number of allylic oxidation sites excluding steroid dienone is 4. The monoisotopic (exact) mass is 626 g/mol. The van der Waals surface area contributed by atoms with Crippen molar-refractivity contribution >= 4 is 17.5 Å². The standard InChI is InChI=1S/C33H42N2O10/c1-4-6-29-44-27-15-24-23-10-9-19-13-22(36)11-12-31(19,2)30(23)25(37)16-32(24,3)33(27,45-29)26(38)18-42-28(39)14-20-7-5-8-21(34-20)17-43-35(40)41/h5,7-8,11-13,23-25,27,29-30,37,40-41H,4,6,9-10,14-18H2,1-3H3/t23?,24?,25-,27+,29?,30?,31-,32-,33+/m0/s1. The summed E-state index contributed by atoms with van der Waals surface area (Å²) in [5.74, 6) is -1.06. The Kier molecular flexibility index (Phi) is 8.61. The van der Waals surface area contributed by atoms with E-state index in [2.05, 4.69) is 16.7 Å². The van der Waals surface area contributed by atoms with E-state index in [9.17, 15) is 19.5 Å². The van der Waals surface area contributed by atoms with Gasteiger partial charge in [0.15, 0.2) is 24.3 Å². The molecular weight excluding hydrogens is 584 g/mol. The van der Waals surface area contributed by atoms with Crippen molar-refractivity contribution in [2.45, 2.75) is 96.4 Å². The smallest absolute Gasteiger partial charge is 0.312 e. The Bertz CT molecular complexity index is 1410. The van der Waals surface area contributed by atoms with Crippen LogP contribution >= 0.6 is 0 Å². The second kappa shape index (κ2) is 12.1. The van der Waals surface area contributed by atoms with Gasteiger partial charge in [0.1, 0.15) is 6.61 Å². The molecule has 3 N–H and O–H groups in total. The van der Waals surface area contributed by atoms with E-state index in [0.29, 0.717) is 30.7 Å². The highest BCUT2D eigenvalue weighted by Gasteiger charge is 2.75. The van der Waals surface area contributed by atoms with E-state index in [-0.39, 0.29) is 42.3 Å². The van der Waals surface area contributed by atoms with Crippen LogP contribution in [0.5, 0.6) is 0 Å². The van der Waals surface area contributed by atoms with Gasteiger partial charge in [-0.1, -0.05) is 44.9 Å². The zero-order chi connectivity index (χ0) is 32.1. The zero-order valence-corrected chi connectivity index (χ0v) is 25.9. The number of pyridine rings is 1. The third-order valence-electron chi connectivity index (χ3n) is 11.1. The van der Waals surface area contributed by atoms with Crippen LogP contribution in [0.15, 0.2) is 42.0 Å². The number of hydrogen-bond acceptors (Lipinski definition) is 12. The van der Waals surface area contributed by atoms with E-state index in [1.54, 1.807) is 30.4 Å². The Balaban J connectivity index is 1.22. The van der Waals surface area contributed by atoms with Crippen molar-refractivity contribution in [1.29, 1.82) is 0 Å². The molecule has 2 heterocycles. The van der Waals surface area contributed by atoms with E-state index in [4.69, 9.17) is 24.6 Å². The van der Waals surface area contributed by atoms with Crippen LogP contribution in [-0.2, 0) is 46.5 Å². The quantitative estimate of drug-likeness (QED) is 0.256. The molecule has 45 heavy (non-hydrogen) atoms. The van der Waals surface area contributed by atoms with Crippen LogP contribution in [0.1, 0.15) is 70.7 Å². The van der Waals surface area contributed by atoms with Crippen LogP contribution in [-0.4, -0.2) is 74.1 Å². The largest absolute Gasteiger partial charge is 0.457 e. The van der Waals surface area contributed by atoms with Gasteiger partial charge in [-0.25, -0.2) is 4.84 Å². The molecule has 0 aromatic carbocycles. The molecule has 1 aromatic rings. The number of rotatable bonds is 10. The van der Waals surface area contributed by atoms with Gasteiger partial charge in [0.05, 0.1) is 35.4 Å². The normalized spacial score (nSPS) is 38.3. The summed E-state index contributed by atoms with van der Waals surface area (Å²) in [5.41, 5.74) is -0.808. The van der Waals surface area contributed by atoms with Gasteiger partial charge in [-0.3, -0.25) is 29.8 Å². The highest BCUT2D eigenvalue weighted by Crippen LogP contribution is 2.69. The molecule has 6 rings (SSSR count). The molecule has 4 fully saturated rings. The first-order valence-electron chi connectivity index (χ1n) is 15.8. The number of hydrogen-bond donors (Lipinski definition) is 3. The lowest BCUT2D eigenvalue weighted by molar-refractivity contribution is -0.497. The van der Waals surface area contributed by atoms with Gasteiger partial charge in [-0.15, -0.1) is 0 Å². The number of carbonyl (C=O) groups excluding carboxylic acids is 3. The molecule has 4 aliphatic carbocycles. The van der Waals surface area contributed by atoms with Crippen LogP contribution in [0.3, 0.4) is 0 Å². The summed E-state index contributed by atoms with van der Waals surface area (Å²) in [5, 5.41) is 29.0. The highest BCUT2D eigenvalue weighted by molar-refractivity contribution is 6.01. The average molecular weight is 627 g/mol. The van der Waals surface area contributed by atoms with Crippen molar-refractivity contribution < 1.29 is 49.0 Å². The number of aliphatic hydroxyl groups is 1. The molecule has 3 saturated carbocycles. The number of ketones is 2. The molecule has 1 aromatic heterocycles. The predicted octanol–water partition coefficient (Wildman–Crippen LogP) is 3.42. The SMILES string of the molecule is CCCC1O[C@@H]2CC3C4CCC5=CC(=O)C=C[C@]5(C)C4[C@@H](O)C[C@]3(C)[C@]2(C(=O)COC(=O)Cc2cccc(CON(O)O)n2)O1. The number of carbonyl (C=O) groups is 3. The van der Waals surface area contributed by atoms with Gasteiger partial charge >= 0.3 is 5.97 Å². The molecule has 0 radical (unpaired) electrons. The number of nitrogens with zero attached hydrogens (tertiary/aromatic N) is 2. The summed E-state index contributed by atoms with van der Waals surface area (Å²) in [7, 11) is 0. The minimum Gasteiger partial charge on any atom is -0.457 e. The lowest BCUT2D eigenvalue weighted by Crippen LogP contribution is -2.63. The van der Waals surface area contributed by atoms with Gasteiger partial charge in [-0.2, -0.15) is 0 Å². The minimum absolute atomic E-state index is 0.0189. The first-order chi connectivity index (χ1) is 21.4. The molecule has 12 heteroatoms. The molecule has 0 amide bonds. The highest BCUT2D eigenvalue weighted by atomic mass is 17.1. The molecular formula is C33H42N2O10. The summed E-state index contributed by atoms with van der Waals surface area (Å²) in [4.78, 5) is 48.2. The molecule has 12 nitrogen and oxygen atoms in total. The topological polar surface area (TPSA) is 165 Å². The fraction of sp³-hybridized carbons (Fsp3) is 0.636. The third-order valence-corrected chi connectivity index (χ3v) is 11.1. The van der Waals surface area contributed by atoms with Crippen molar-refractivity contribution in [3.8, 4) is 0 Å². The lowest BCUT2D eigenvalue weighted by atomic mass is 9.46. The lowest BCUT2D eigenvalue weighted by Gasteiger charge is -2.59. The molecule has 5 aliphatic rings. The number of aromatic nitrogens is 1. The van der Waals surface area contributed by atoms with Crippen LogP contribution in [0.25, 0.3) is 0 Å². The van der Waals surface area contributed by atoms with Gasteiger partial charge in [0.2, 0.25) is 5.78 Å². The van der Waals surface area contributed by atoms with E-state index < -0.39 is 52.9 Å². The fourth-order valence-electron chi connectivity index (χ4n) is 9.29. The maximum Gasteiger partial charge on any atom is 0.312 e. The summed E-state index contributed by atoms with van der Waals surface area (Å²) < 4.78 is 18.6. The van der Waals surface area contributed by atoms with Crippen molar-refractivity contribution in [2.75, 3.05) is 6.61 Å². The summed E-state index contributed by atoms with van der Waals surface area (Å²) in [6.07, 6.45) is 7.10. The number of Topliss-reactive ketones (excluding diaryl/α,β-unsaturated/α-hetero) is 1. The maximum atomic E-state index is 14.3. The van der Waals surface area contributed by atoms with Gasteiger partial charge < -0.3 is 19.3 Å². The van der Waals surface area contributed by atoms with Crippen LogP contribution < -0.4 is 0 Å². The van der Waals surface area contributed by atoms with E-state index in [0.717, 1.165) is 24.8 Å². The zero-order valence-electron chi connectivity index (χ0n) is 25.9. The summed E-state index contributed by atoms with van der Waals surface area (Å²) in [6.45, 7) is 5.42. The molecule has 244 valence electrons. The van der Waals surface area contributed by atoms with Crippen LogP contribution in [0.2, 0.25) is 0 Å². The first kappa shape index (κ1) is 32.1. The molecule has 1 saturated heterocycles. The van der Waals surface area contributed by atoms with Gasteiger partial charge in [-0.05, 0) is 68.2 Å². The van der Waals surface area contributed by atoms with E-state index in [1.807, 2.05) is 19.9 Å². The van der Waals surface area contributed by atoms with E-state index >= 15 is 0 Å². The van der Waals surface area contributed by atoms with Gasteiger partial charge in [0, 0.05) is 16.7 Å². The van der Waals surface area contributed by atoms with Crippen molar-refractivity contribution in [1.82, 2.24) is 10.4 Å². The molecule has 9 atom stereocenters. The molecule has 0 bridgehead atoms. The molecule has 1 aliphatic heterocycles. The number of aliphatic hydroxyl groups excluding tert-OH is 1. The second-order valence-corrected chi connectivity index (χ2v) is 13.6. The Morgan fingerprint density at radius 1 is 1.20 bits per heavy atom. The Morgan fingerprint density at radius 3 is 2.73 bits per heavy atom. The van der Waals surface area contributed by atoms with Crippen molar-refractivity contribution in [3.63, 3.8) is 0 Å². The van der Waals surface area contributed by atoms with Crippen LogP contribution in [0, 0.1) is 28.6 Å². The summed E-state index contributed by atoms with van der Waals surface area (Å²) in [6, 6.07) is 4.86. The Labute approximate surface area is 261 Å². The molecule has 4 unspecified atom stereocenters. The summed E-state index contributed by atoms with van der Waals surface area (Å²) >= 11 is 0. The van der Waals surface area contributed by atoms with Crippen molar-refractivity contribution in [3.05, 3.63) is 53.4 Å².